The van der Waals surface area contributed by atoms with Crippen LogP contribution in [0.2, 0.25) is 0 Å². The largest absolute Gasteiger partial charge is 0.461 e. The Hall–Kier alpha value is -1.31. The molecule has 0 N–H and O–H groups in total. The van der Waals surface area contributed by atoms with Gasteiger partial charge in [0.05, 0.1) is 5.92 Å². The lowest BCUT2D eigenvalue weighted by Gasteiger charge is -2.35. The van der Waals surface area contributed by atoms with Gasteiger partial charge in [-0.3, -0.25) is 4.79 Å². The summed E-state index contributed by atoms with van der Waals surface area (Å²) in [5, 5.41) is 0. The molecule has 2 atom stereocenters. The first-order valence-corrected chi connectivity index (χ1v) is 7.55. The quantitative estimate of drug-likeness (QED) is 0.519. The predicted molar refractivity (Wildman–Crippen MR) is 76.9 cm³/mol. The zero-order valence-electron chi connectivity index (χ0n) is 11.8. The summed E-state index contributed by atoms with van der Waals surface area (Å²) in [4.78, 5) is 11.6. The molecule has 0 spiro atoms. The normalized spacial score (nSPS) is 21.8. The highest BCUT2D eigenvalue weighted by Crippen LogP contribution is 2.30. The van der Waals surface area contributed by atoms with Gasteiger partial charge < -0.3 is 4.74 Å². The molecule has 1 aromatic carbocycles. The predicted octanol–water partition coefficient (Wildman–Crippen LogP) is 4.13. The molecule has 2 heteroatoms. The Morgan fingerprint density at radius 1 is 1.05 bits per heavy atom. The number of esters is 1. The van der Waals surface area contributed by atoms with E-state index < -0.39 is 0 Å². The molecule has 1 aliphatic rings. The number of hydrogen-bond acceptors (Lipinski definition) is 2. The first-order valence-electron chi connectivity index (χ1n) is 7.55. The molecular weight excluding hydrogens is 236 g/mol. The Labute approximate surface area is 116 Å². The van der Waals surface area contributed by atoms with E-state index in [1.807, 2.05) is 18.2 Å². The van der Waals surface area contributed by atoms with E-state index in [9.17, 15) is 4.79 Å². The van der Waals surface area contributed by atoms with Crippen LogP contribution in [0.15, 0.2) is 30.3 Å². The third-order valence-corrected chi connectivity index (χ3v) is 3.91. The Morgan fingerprint density at radius 2 is 1.79 bits per heavy atom. The molecule has 1 fully saturated rings. The van der Waals surface area contributed by atoms with Gasteiger partial charge in [-0.2, -0.15) is 0 Å². The van der Waals surface area contributed by atoms with Crippen LogP contribution in [0.25, 0.3) is 0 Å². The van der Waals surface area contributed by atoms with Gasteiger partial charge in [-0.25, -0.2) is 0 Å². The van der Waals surface area contributed by atoms with Crippen molar-refractivity contribution in [2.45, 2.75) is 58.0 Å². The van der Waals surface area contributed by atoms with Gasteiger partial charge in [0.2, 0.25) is 0 Å². The van der Waals surface area contributed by atoms with E-state index in [0.29, 0.717) is 0 Å². The van der Waals surface area contributed by atoms with E-state index in [0.717, 1.165) is 12.8 Å². The lowest BCUT2D eigenvalue weighted by molar-refractivity contribution is -0.185. The standard InChI is InChI=1S/C17H24O2/c1-2-3-4-5-9-12-16-15(17(18)19-16)13-14-10-7-6-8-11-14/h6-8,10-11,15-16H,2-5,9,12-13H2,1H3/t15-,16-/m1/s1. The van der Waals surface area contributed by atoms with Crippen molar-refractivity contribution in [1.29, 1.82) is 0 Å². The van der Waals surface area contributed by atoms with Crippen LogP contribution in [0.1, 0.15) is 51.0 Å². The summed E-state index contributed by atoms with van der Waals surface area (Å²) in [7, 11) is 0. The maximum atomic E-state index is 11.6. The molecule has 1 saturated heterocycles. The second-order valence-corrected chi connectivity index (χ2v) is 5.47. The molecule has 2 nitrogen and oxygen atoms in total. The van der Waals surface area contributed by atoms with Gasteiger partial charge in [0.15, 0.2) is 0 Å². The number of benzene rings is 1. The molecular formula is C17H24O2. The second-order valence-electron chi connectivity index (χ2n) is 5.47. The summed E-state index contributed by atoms with van der Waals surface area (Å²) in [5.74, 6) is 0.0796. The minimum absolute atomic E-state index is 0.0117. The number of hydrogen-bond donors (Lipinski definition) is 0. The van der Waals surface area contributed by atoms with Gasteiger partial charge in [-0.15, -0.1) is 0 Å². The Morgan fingerprint density at radius 3 is 2.47 bits per heavy atom. The van der Waals surface area contributed by atoms with Gasteiger partial charge in [0.25, 0.3) is 0 Å². The smallest absolute Gasteiger partial charge is 0.313 e. The number of unbranched alkanes of at least 4 members (excludes halogenated alkanes) is 4. The number of carbonyl (C=O) groups excluding carboxylic acids is 1. The lowest BCUT2D eigenvalue weighted by atomic mass is 9.87. The van der Waals surface area contributed by atoms with E-state index in [1.54, 1.807) is 0 Å². The van der Waals surface area contributed by atoms with E-state index in [1.165, 1.54) is 37.7 Å². The van der Waals surface area contributed by atoms with Crippen molar-refractivity contribution in [3.05, 3.63) is 35.9 Å². The van der Waals surface area contributed by atoms with Gasteiger partial charge in [0, 0.05) is 0 Å². The third kappa shape index (κ3) is 4.09. The highest BCUT2D eigenvalue weighted by Gasteiger charge is 2.41. The maximum Gasteiger partial charge on any atom is 0.313 e. The topological polar surface area (TPSA) is 26.3 Å². The van der Waals surface area contributed by atoms with E-state index in [2.05, 4.69) is 19.1 Å². The number of ether oxygens (including phenoxy) is 1. The van der Waals surface area contributed by atoms with Crippen LogP contribution in [0.5, 0.6) is 0 Å². The number of carbonyl (C=O) groups is 1. The Kier molecular flexibility index (Phi) is 5.44. The first-order chi connectivity index (χ1) is 9.31. The minimum atomic E-state index is -0.0117. The summed E-state index contributed by atoms with van der Waals surface area (Å²) in [6.07, 6.45) is 8.37. The Bertz CT molecular complexity index is 386. The van der Waals surface area contributed by atoms with Crippen LogP contribution in [0, 0.1) is 5.92 Å². The van der Waals surface area contributed by atoms with Crippen LogP contribution < -0.4 is 0 Å². The highest BCUT2D eigenvalue weighted by atomic mass is 16.6. The summed E-state index contributed by atoms with van der Waals surface area (Å²) < 4.78 is 5.29. The molecule has 104 valence electrons. The average molecular weight is 260 g/mol. The summed E-state index contributed by atoms with van der Waals surface area (Å²) in [6.45, 7) is 2.23. The fourth-order valence-electron chi connectivity index (χ4n) is 2.69. The van der Waals surface area contributed by atoms with E-state index >= 15 is 0 Å². The monoisotopic (exact) mass is 260 g/mol. The fourth-order valence-corrected chi connectivity index (χ4v) is 2.69. The summed E-state index contributed by atoms with van der Waals surface area (Å²) >= 11 is 0. The lowest BCUT2D eigenvalue weighted by Crippen LogP contribution is -2.46. The molecule has 0 aliphatic carbocycles. The Balaban J connectivity index is 1.72. The zero-order valence-corrected chi connectivity index (χ0v) is 11.8. The van der Waals surface area contributed by atoms with Gasteiger partial charge >= 0.3 is 5.97 Å². The SMILES string of the molecule is CCCCCCC[C@H]1OC(=O)[C@@H]1Cc1ccccc1. The second kappa shape index (κ2) is 7.32. The molecule has 1 aliphatic heterocycles. The van der Waals surface area contributed by atoms with Crippen molar-refractivity contribution in [2.24, 2.45) is 5.92 Å². The van der Waals surface area contributed by atoms with Gasteiger partial charge in [-0.1, -0.05) is 62.9 Å². The van der Waals surface area contributed by atoms with Crippen molar-refractivity contribution >= 4 is 5.97 Å². The molecule has 1 heterocycles. The van der Waals surface area contributed by atoms with E-state index in [4.69, 9.17) is 4.74 Å². The zero-order chi connectivity index (χ0) is 13.5. The van der Waals surface area contributed by atoms with Crippen LogP contribution in [0.4, 0.5) is 0 Å². The van der Waals surface area contributed by atoms with Crippen molar-refractivity contribution < 1.29 is 9.53 Å². The highest BCUT2D eigenvalue weighted by molar-refractivity contribution is 5.78. The van der Waals surface area contributed by atoms with Gasteiger partial charge in [-0.05, 0) is 24.8 Å². The molecule has 2 rings (SSSR count). The number of rotatable bonds is 8. The molecule has 0 unspecified atom stereocenters. The molecule has 19 heavy (non-hydrogen) atoms. The number of cyclic esters (lactones) is 1. The van der Waals surface area contributed by atoms with Crippen LogP contribution >= 0.6 is 0 Å². The fraction of sp³-hybridized carbons (Fsp3) is 0.588. The molecule has 0 amide bonds. The third-order valence-electron chi connectivity index (χ3n) is 3.91. The molecule has 0 aromatic heterocycles. The average Bonchev–Trinajstić information content (AvgIpc) is 2.44. The van der Waals surface area contributed by atoms with Crippen LogP contribution in [-0.4, -0.2) is 12.1 Å². The van der Waals surface area contributed by atoms with Crippen LogP contribution in [0.3, 0.4) is 0 Å². The minimum Gasteiger partial charge on any atom is -0.461 e. The van der Waals surface area contributed by atoms with Crippen molar-refractivity contribution in [1.82, 2.24) is 0 Å². The molecule has 0 radical (unpaired) electrons. The molecule has 0 bridgehead atoms. The van der Waals surface area contributed by atoms with Crippen molar-refractivity contribution in [3.8, 4) is 0 Å². The molecule has 0 saturated carbocycles. The molecule has 1 aromatic rings. The van der Waals surface area contributed by atoms with Crippen molar-refractivity contribution in [3.63, 3.8) is 0 Å². The van der Waals surface area contributed by atoms with Gasteiger partial charge in [0.1, 0.15) is 6.10 Å². The van der Waals surface area contributed by atoms with E-state index in [-0.39, 0.29) is 18.0 Å². The summed E-state index contributed by atoms with van der Waals surface area (Å²) in [5.41, 5.74) is 1.24. The van der Waals surface area contributed by atoms with Crippen molar-refractivity contribution in [2.75, 3.05) is 0 Å². The summed E-state index contributed by atoms with van der Waals surface area (Å²) in [6, 6.07) is 10.2. The first kappa shape index (κ1) is 14.1. The maximum absolute atomic E-state index is 11.6. The van der Waals surface area contributed by atoms with Crippen LogP contribution in [-0.2, 0) is 16.0 Å².